The van der Waals surface area contributed by atoms with Gasteiger partial charge in [0.1, 0.15) is 11.5 Å². The second-order valence-corrected chi connectivity index (χ2v) is 4.52. The SMILES string of the molecule is CC(C)C1C=CC(Oc2ccccc2)=CC1. The number of para-hydroxylation sites is 1. The molecule has 0 aromatic heterocycles. The fraction of sp³-hybridized carbons (Fsp3) is 0.333. The van der Waals surface area contributed by atoms with E-state index in [4.69, 9.17) is 4.74 Å². The molecule has 0 N–H and O–H groups in total. The molecule has 84 valence electrons. The van der Waals surface area contributed by atoms with Crippen LogP contribution < -0.4 is 4.74 Å². The molecule has 0 saturated carbocycles. The van der Waals surface area contributed by atoms with E-state index in [2.05, 4.69) is 32.1 Å². The maximum absolute atomic E-state index is 5.76. The Morgan fingerprint density at radius 1 is 1.19 bits per heavy atom. The topological polar surface area (TPSA) is 9.23 Å². The molecule has 0 spiro atoms. The van der Waals surface area contributed by atoms with E-state index in [1.165, 1.54) is 0 Å². The van der Waals surface area contributed by atoms with E-state index in [9.17, 15) is 0 Å². The lowest BCUT2D eigenvalue weighted by molar-refractivity contribution is 0.413. The van der Waals surface area contributed by atoms with Crippen LogP contribution in [0.2, 0.25) is 0 Å². The highest BCUT2D eigenvalue weighted by molar-refractivity contribution is 5.28. The van der Waals surface area contributed by atoms with E-state index in [0.29, 0.717) is 11.8 Å². The predicted molar refractivity (Wildman–Crippen MR) is 67.2 cm³/mol. The zero-order chi connectivity index (χ0) is 11.4. The van der Waals surface area contributed by atoms with Gasteiger partial charge in [-0.15, -0.1) is 0 Å². The smallest absolute Gasteiger partial charge is 0.127 e. The lowest BCUT2D eigenvalue weighted by Gasteiger charge is -2.19. The zero-order valence-electron chi connectivity index (χ0n) is 9.89. The summed E-state index contributed by atoms with van der Waals surface area (Å²) in [5.74, 6) is 3.22. The van der Waals surface area contributed by atoms with Gasteiger partial charge in [-0.2, -0.15) is 0 Å². The van der Waals surface area contributed by atoms with Crippen molar-refractivity contribution in [1.82, 2.24) is 0 Å². The first-order chi connectivity index (χ1) is 7.75. The Morgan fingerprint density at radius 3 is 2.50 bits per heavy atom. The summed E-state index contributed by atoms with van der Waals surface area (Å²) in [6.45, 7) is 4.51. The number of hydrogen-bond donors (Lipinski definition) is 0. The van der Waals surface area contributed by atoms with Crippen molar-refractivity contribution in [2.75, 3.05) is 0 Å². The monoisotopic (exact) mass is 214 g/mol. The van der Waals surface area contributed by atoms with Crippen LogP contribution in [0.3, 0.4) is 0 Å². The van der Waals surface area contributed by atoms with Crippen LogP contribution in [0, 0.1) is 11.8 Å². The van der Waals surface area contributed by atoms with E-state index < -0.39 is 0 Å². The van der Waals surface area contributed by atoms with Crippen molar-refractivity contribution in [2.45, 2.75) is 20.3 Å². The van der Waals surface area contributed by atoms with Crippen molar-refractivity contribution in [3.63, 3.8) is 0 Å². The van der Waals surface area contributed by atoms with Gasteiger partial charge >= 0.3 is 0 Å². The fourth-order valence-corrected chi connectivity index (χ4v) is 1.81. The van der Waals surface area contributed by atoms with Gasteiger partial charge in [-0.05, 0) is 42.5 Å². The minimum absolute atomic E-state index is 0.656. The van der Waals surface area contributed by atoms with E-state index in [1.54, 1.807) is 0 Å². The van der Waals surface area contributed by atoms with Crippen molar-refractivity contribution in [3.05, 3.63) is 54.3 Å². The lowest BCUT2D eigenvalue weighted by Crippen LogP contribution is -2.08. The third kappa shape index (κ3) is 2.75. The largest absolute Gasteiger partial charge is 0.458 e. The van der Waals surface area contributed by atoms with Gasteiger partial charge in [0.15, 0.2) is 0 Å². The summed E-state index contributed by atoms with van der Waals surface area (Å²) in [6.07, 6.45) is 7.60. The Bertz CT molecular complexity index is 387. The van der Waals surface area contributed by atoms with Crippen molar-refractivity contribution < 1.29 is 4.74 Å². The van der Waals surface area contributed by atoms with Crippen molar-refractivity contribution in [1.29, 1.82) is 0 Å². The summed E-state index contributed by atoms with van der Waals surface area (Å²) >= 11 is 0. The summed E-state index contributed by atoms with van der Waals surface area (Å²) in [4.78, 5) is 0. The molecule has 0 heterocycles. The number of hydrogen-bond acceptors (Lipinski definition) is 1. The molecule has 1 aromatic carbocycles. The molecule has 16 heavy (non-hydrogen) atoms. The quantitative estimate of drug-likeness (QED) is 0.733. The number of benzene rings is 1. The molecule has 1 unspecified atom stereocenters. The second-order valence-electron chi connectivity index (χ2n) is 4.52. The van der Waals surface area contributed by atoms with Crippen LogP contribution >= 0.6 is 0 Å². The molecule has 1 aromatic rings. The van der Waals surface area contributed by atoms with Gasteiger partial charge in [0, 0.05) is 0 Å². The van der Waals surface area contributed by atoms with Crippen molar-refractivity contribution in [2.24, 2.45) is 11.8 Å². The molecule has 0 bridgehead atoms. The number of ether oxygens (including phenoxy) is 1. The zero-order valence-corrected chi connectivity index (χ0v) is 9.89. The fourth-order valence-electron chi connectivity index (χ4n) is 1.81. The third-order valence-electron chi connectivity index (χ3n) is 2.93. The minimum Gasteiger partial charge on any atom is -0.458 e. The van der Waals surface area contributed by atoms with E-state index >= 15 is 0 Å². The number of allylic oxidation sites excluding steroid dienone is 3. The van der Waals surface area contributed by atoms with Crippen LogP contribution in [0.5, 0.6) is 5.75 Å². The maximum atomic E-state index is 5.76. The summed E-state index contributed by atoms with van der Waals surface area (Å²) in [5, 5.41) is 0. The molecule has 1 heteroatoms. The number of rotatable bonds is 3. The van der Waals surface area contributed by atoms with Gasteiger partial charge in [-0.25, -0.2) is 0 Å². The highest BCUT2D eigenvalue weighted by Crippen LogP contribution is 2.24. The molecule has 2 rings (SSSR count). The average molecular weight is 214 g/mol. The van der Waals surface area contributed by atoms with Crippen LogP contribution in [-0.2, 0) is 0 Å². The highest BCUT2D eigenvalue weighted by atomic mass is 16.5. The van der Waals surface area contributed by atoms with Gasteiger partial charge in [0.05, 0.1) is 0 Å². The standard InChI is InChI=1S/C15H18O/c1-12(2)13-8-10-15(11-9-13)16-14-6-4-3-5-7-14/h3-8,10-13H,9H2,1-2H3. The molecular weight excluding hydrogens is 196 g/mol. The average Bonchev–Trinajstić information content (AvgIpc) is 2.31. The predicted octanol–water partition coefficient (Wildman–Crippen LogP) is 4.18. The first kappa shape index (κ1) is 11.0. The van der Waals surface area contributed by atoms with Gasteiger partial charge in [-0.3, -0.25) is 0 Å². The molecule has 1 nitrogen and oxygen atoms in total. The molecular formula is C15H18O. The van der Waals surface area contributed by atoms with Gasteiger partial charge in [0.2, 0.25) is 0 Å². The van der Waals surface area contributed by atoms with Crippen molar-refractivity contribution in [3.8, 4) is 5.75 Å². The minimum atomic E-state index is 0.656. The van der Waals surface area contributed by atoms with Gasteiger partial charge < -0.3 is 4.74 Å². The Hall–Kier alpha value is -1.50. The summed E-state index contributed by atoms with van der Waals surface area (Å²) < 4.78 is 5.76. The van der Waals surface area contributed by atoms with Crippen LogP contribution in [-0.4, -0.2) is 0 Å². The molecule has 0 radical (unpaired) electrons. The summed E-state index contributed by atoms with van der Waals surface area (Å²) in [6, 6.07) is 9.91. The second kappa shape index (κ2) is 5.02. The normalized spacial score (nSPS) is 19.7. The Balaban J connectivity index is 1.97. The maximum Gasteiger partial charge on any atom is 0.127 e. The first-order valence-electron chi connectivity index (χ1n) is 5.87. The molecule has 0 amide bonds. The Morgan fingerprint density at radius 2 is 1.94 bits per heavy atom. The lowest BCUT2D eigenvalue weighted by atomic mass is 9.89. The van der Waals surface area contributed by atoms with Crippen LogP contribution in [0.4, 0.5) is 0 Å². The van der Waals surface area contributed by atoms with E-state index in [-0.39, 0.29) is 0 Å². The van der Waals surface area contributed by atoms with Crippen LogP contribution in [0.1, 0.15) is 20.3 Å². The molecule has 0 fully saturated rings. The summed E-state index contributed by atoms with van der Waals surface area (Å²) in [5.41, 5.74) is 0. The van der Waals surface area contributed by atoms with E-state index in [1.807, 2.05) is 30.3 Å². The molecule has 0 aliphatic heterocycles. The molecule has 1 atom stereocenters. The molecule has 0 saturated heterocycles. The first-order valence-corrected chi connectivity index (χ1v) is 5.87. The highest BCUT2D eigenvalue weighted by Gasteiger charge is 2.12. The molecule has 1 aliphatic carbocycles. The molecule has 1 aliphatic rings. The van der Waals surface area contributed by atoms with Gasteiger partial charge in [-0.1, -0.05) is 38.1 Å². The van der Waals surface area contributed by atoms with Crippen LogP contribution in [0.25, 0.3) is 0 Å². The Kier molecular flexibility index (Phi) is 3.45. The summed E-state index contributed by atoms with van der Waals surface area (Å²) in [7, 11) is 0. The van der Waals surface area contributed by atoms with Crippen molar-refractivity contribution >= 4 is 0 Å². The van der Waals surface area contributed by atoms with Crippen LogP contribution in [0.15, 0.2) is 54.3 Å². The van der Waals surface area contributed by atoms with E-state index in [0.717, 1.165) is 17.9 Å². The Labute approximate surface area is 97.4 Å². The van der Waals surface area contributed by atoms with Gasteiger partial charge in [0.25, 0.3) is 0 Å². The third-order valence-corrected chi connectivity index (χ3v) is 2.93.